The summed E-state index contributed by atoms with van der Waals surface area (Å²) >= 11 is 5.79. The fourth-order valence-electron chi connectivity index (χ4n) is 2.24. The van der Waals surface area contributed by atoms with Crippen LogP contribution in [0.4, 0.5) is 5.69 Å². The number of hydrogen-bond acceptors (Lipinski definition) is 4. The largest absolute Gasteiger partial charge is 0.454 e. The van der Waals surface area contributed by atoms with Crippen LogP contribution in [0.25, 0.3) is 0 Å². The molecule has 0 bridgehead atoms. The Morgan fingerprint density at radius 3 is 2.42 bits per heavy atom. The van der Waals surface area contributed by atoms with Crippen molar-refractivity contribution < 1.29 is 14.3 Å². The molecule has 0 saturated carbocycles. The van der Waals surface area contributed by atoms with E-state index in [1.807, 2.05) is 12.1 Å². The lowest BCUT2D eigenvalue weighted by molar-refractivity contribution is 0.0476. The summed E-state index contributed by atoms with van der Waals surface area (Å²) < 4.78 is 5.05. The predicted molar refractivity (Wildman–Crippen MR) is 95.6 cm³/mol. The first kappa shape index (κ1) is 18.0. The number of nitrogens with two attached hydrogens (primary N) is 1. The second-order valence-electron chi connectivity index (χ2n) is 5.66. The van der Waals surface area contributed by atoms with Crippen LogP contribution in [0.1, 0.15) is 52.5 Å². The number of esters is 1. The molecule has 4 nitrogen and oxygen atoms in total. The second-order valence-corrected chi connectivity index (χ2v) is 6.10. The summed E-state index contributed by atoms with van der Waals surface area (Å²) in [5.74, 6) is -0.458. The SMILES string of the molecule is CC[C@@H](C)c1ccc(C(=O)COC(=O)c2ccc(Cl)cc2N)cc1. The number of carbonyl (C=O) groups is 2. The Labute approximate surface area is 146 Å². The van der Waals surface area contributed by atoms with Gasteiger partial charge in [0.05, 0.1) is 5.56 Å². The van der Waals surface area contributed by atoms with E-state index in [1.54, 1.807) is 18.2 Å². The highest BCUT2D eigenvalue weighted by molar-refractivity contribution is 6.31. The van der Waals surface area contributed by atoms with Crippen molar-refractivity contribution in [3.63, 3.8) is 0 Å². The molecule has 2 rings (SSSR count). The summed E-state index contributed by atoms with van der Waals surface area (Å²) in [4.78, 5) is 24.1. The van der Waals surface area contributed by atoms with Crippen molar-refractivity contribution in [3.05, 3.63) is 64.2 Å². The fraction of sp³-hybridized carbons (Fsp3) is 0.263. The van der Waals surface area contributed by atoms with Crippen LogP contribution in [-0.4, -0.2) is 18.4 Å². The molecule has 0 amide bonds. The molecule has 0 fully saturated rings. The normalized spacial score (nSPS) is 11.8. The molecule has 1 atom stereocenters. The molecular weight excluding hydrogens is 326 g/mol. The quantitative estimate of drug-likeness (QED) is 0.476. The molecule has 0 unspecified atom stereocenters. The molecule has 2 aromatic carbocycles. The minimum Gasteiger partial charge on any atom is -0.454 e. The van der Waals surface area contributed by atoms with Gasteiger partial charge >= 0.3 is 5.97 Å². The molecule has 0 heterocycles. The highest BCUT2D eigenvalue weighted by Crippen LogP contribution is 2.20. The van der Waals surface area contributed by atoms with E-state index in [0.29, 0.717) is 16.5 Å². The number of carbonyl (C=O) groups excluding carboxylic acids is 2. The van der Waals surface area contributed by atoms with Crippen LogP contribution in [0.2, 0.25) is 5.02 Å². The van der Waals surface area contributed by atoms with Crippen LogP contribution in [0.3, 0.4) is 0 Å². The number of ketones is 1. The van der Waals surface area contributed by atoms with E-state index in [2.05, 4.69) is 13.8 Å². The molecular formula is C19H20ClNO3. The first-order valence-corrected chi connectivity index (χ1v) is 8.15. The number of nitrogen functional groups attached to an aromatic ring is 1. The first-order chi connectivity index (χ1) is 11.4. The Morgan fingerprint density at radius 1 is 1.17 bits per heavy atom. The van der Waals surface area contributed by atoms with Gasteiger partial charge in [-0.15, -0.1) is 0 Å². The van der Waals surface area contributed by atoms with E-state index in [4.69, 9.17) is 22.1 Å². The molecule has 0 aliphatic carbocycles. The van der Waals surface area contributed by atoms with Gasteiger partial charge in [0.2, 0.25) is 0 Å². The highest BCUT2D eigenvalue weighted by Gasteiger charge is 2.15. The van der Waals surface area contributed by atoms with Crippen LogP contribution >= 0.6 is 11.6 Å². The molecule has 0 saturated heterocycles. The first-order valence-electron chi connectivity index (χ1n) is 7.77. The molecule has 0 aliphatic heterocycles. The van der Waals surface area contributed by atoms with Gasteiger partial charge in [0.1, 0.15) is 0 Å². The lowest BCUT2D eigenvalue weighted by Crippen LogP contribution is -2.15. The van der Waals surface area contributed by atoms with Crippen LogP contribution < -0.4 is 5.73 Å². The summed E-state index contributed by atoms with van der Waals surface area (Å²) in [6.45, 7) is 3.92. The fourth-order valence-corrected chi connectivity index (χ4v) is 2.43. The summed E-state index contributed by atoms with van der Waals surface area (Å²) in [7, 11) is 0. The Morgan fingerprint density at radius 2 is 1.83 bits per heavy atom. The van der Waals surface area contributed by atoms with Crippen molar-refractivity contribution in [3.8, 4) is 0 Å². The second kappa shape index (κ2) is 7.97. The molecule has 5 heteroatoms. The highest BCUT2D eigenvalue weighted by atomic mass is 35.5. The summed E-state index contributed by atoms with van der Waals surface area (Å²) in [6.07, 6.45) is 1.04. The smallest absolute Gasteiger partial charge is 0.340 e. The molecule has 0 aromatic heterocycles. The molecule has 0 spiro atoms. The van der Waals surface area contributed by atoms with E-state index in [-0.39, 0.29) is 23.6 Å². The molecule has 2 N–H and O–H groups in total. The van der Waals surface area contributed by atoms with Gasteiger partial charge in [-0.2, -0.15) is 0 Å². The average molecular weight is 346 g/mol. The van der Waals surface area contributed by atoms with E-state index in [9.17, 15) is 9.59 Å². The van der Waals surface area contributed by atoms with E-state index < -0.39 is 5.97 Å². The average Bonchev–Trinajstić information content (AvgIpc) is 2.58. The van der Waals surface area contributed by atoms with Gasteiger partial charge in [-0.1, -0.05) is 49.7 Å². The Balaban J connectivity index is 1.98. The van der Waals surface area contributed by atoms with Gasteiger partial charge in [0.25, 0.3) is 0 Å². The molecule has 0 radical (unpaired) electrons. The Bertz CT molecular complexity index is 741. The molecule has 0 aliphatic rings. The zero-order valence-electron chi connectivity index (χ0n) is 13.7. The number of Topliss-reactive ketones (excluding diaryl/α,β-unsaturated/α-hetero) is 1. The van der Waals surface area contributed by atoms with Crippen molar-refractivity contribution in [1.29, 1.82) is 0 Å². The molecule has 24 heavy (non-hydrogen) atoms. The lowest BCUT2D eigenvalue weighted by Gasteiger charge is -2.10. The number of anilines is 1. The van der Waals surface area contributed by atoms with Gasteiger partial charge in [-0.3, -0.25) is 4.79 Å². The van der Waals surface area contributed by atoms with Gasteiger partial charge < -0.3 is 10.5 Å². The van der Waals surface area contributed by atoms with Crippen molar-refractivity contribution in [2.75, 3.05) is 12.3 Å². The zero-order valence-corrected chi connectivity index (χ0v) is 14.5. The number of rotatable bonds is 6. The minimum absolute atomic E-state index is 0.194. The van der Waals surface area contributed by atoms with Crippen LogP contribution in [0, 0.1) is 0 Å². The standard InChI is InChI=1S/C19H20ClNO3/c1-3-12(2)13-4-6-14(7-5-13)18(22)11-24-19(23)16-9-8-15(20)10-17(16)21/h4-10,12H,3,11,21H2,1-2H3/t12-/m1/s1. The molecule has 126 valence electrons. The Kier molecular flexibility index (Phi) is 5.99. The van der Waals surface area contributed by atoms with E-state index in [0.717, 1.165) is 6.42 Å². The summed E-state index contributed by atoms with van der Waals surface area (Å²) in [5, 5.41) is 0.432. The van der Waals surface area contributed by atoms with Crippen molar-refractivity contribution in [2.24, 2.45) is 0 Å². The van der Waals surface area contributed by atoms with Gasteiger partial charge in [-0.05, 0) is 36.1 Å². The predicted octanol–water partition coefficient (Wildman–Crippen LogP) is 4.48. The van der Waals surface area contributed by atoms with Crippen LogP contribution in [-0.2, 0) is 4.74 Å². The molecule has 2 aromatic rings. The number of hydrogen-bond donors (Lipinski definition) is 1. The third-order valence-corrected chi connectivity index (χ3v) is 4.22. The zero-order chi connectivity index (χ0) is 17.7. The van der Waals surface area contributed by atoms with Crippen molar-refractivity contribution in [2.45, 2.75) is 26.2 Å². The summed E-state index contributed by atoms with van der Waals surface area (Å²) in [6, 6.07) is 11.9. The third kappa shape index (κ3) is 4.36. The number of benzene rings is 2. The van der Waals surface area contributed by atoms with Gasteiger partial charge in [0.15, 0.2) is 12.4 Å². The summed E-state index contributed by atoms with van der Waals surface area (Å²) in [5.41, 5.74) is 7.84. The van der Waals surface area contributed by atoms with Crippen molar-refractivity contribution in [1.82, 2.24) is 0 Å². The monoisotopic (exact) mass is 345 g/mol. The van der Waals surface area contributed by atoms with Gasteiger partial charge in [0, 0.05) is 16.3 Å². The minimum atomic E-state index is -0.645. The maximum Gasteiger partial charge on any atom is 0.340 e. The van der Waals surface area contributed by atoms with E-state index >= 15 is 0 Å². The number of ether oxygens (including phenoxy) is 1. The van der Waals surface area contributed by atoms with Gasteiger partial charge in [-0.25, -0.2) is 4.79 Å². The van der Waals surface area contributed by atoms with Crippen molar-refractivity contribution >= 4 is 29.0 Å². The third-order valence-electron chi connectivity index (χ3n) is 3.98. The van der Waals surface area contributed by atoms with E-state index in [1.165, 1.54) is 17.7 Å². The number of halogens is 1. The topological polar surface area (TPSA) is 69.4 Å². The maximum absolute atomic E-state index is 12.1. The van der Waals surface area contributed by atoms with Crippen LogP contribution in [0.15, 0.2) is 42.5 Å². The lowest BCUT2D eigenvalue weighted by atomic mass is 9.97. The van der Waals surface area contributed by atoms with Crippen LogP contribution in [0.5, 0.6) is 0 Å². The Hall–Kier alpha value is -2.33. The maximum atomic E-state index is 12.1.